The van der Waals surface area contributed by atoms with Gasteiger partial charge in [0.15, 0.2) is 17.1 Å². The van der Waals surface area contributed by atoms with E-state index in [-0.39, 0.29) is 0 Å². The quantitative estimate of drug-likeness (QED) is 0.116. The molecule has 0 aliphatic heterocycles. The van der Waals surface area contributed by atoms with Crippen LogP contribution >= 0.6 is 0 Å². The van der Waals surface area contributed by atoms with E-state index in [2.05, 4.69) is 28.9 Å². The summed E-state index contributed by atoms with van der Waals surface area (Å²) in [5.41, 5.74) is -2.80. The summed E-state index contributed by atoms with van der Waals surface area (Å²) in [5.74, 6) is -13.2. The van der Waals surface area contributed by atoms with Crippen molar-refractivity contribution in [1.29, 1.82) is 0 Å². The SMILES string of the molecule is Oc1cccnc1C(O)(O)OB(OC(O)(O)c1ncccc1O)OC(O)(O)c1ncccc1O. The summed E-state index contributed by atoms with van der Waals surface area (Å²) in [6.07, 6.45) is 3.08. The molecule has 0 saturated carbocycles. The van der Waals surface area contributed by atoms with E-state index in [9.17, 15) is 46.0 Å². The third-order valence-electron chi connectivity index (χ3n) is 4.07. The first-order valence-electron chi connectivity index (χ1n) is 9.14. The average molecular weight is 479 g/mol. The monoisotopic (exact) mass is 479 g/mol. The highest BCUT2D eigenvalue weighted by Gasteiger charge is 2.50. The van der Waals surface area contributed by atoms with Crippen LogP contribution in [0.1, 0.15) is 17.1 Å². The van der Waals surface area contributed by atoms with Crippen molar-refractivity contribution in [3.05, 3.63) is 72.1 Å². The van der Waals surface area contributed by atoms with Crippen LogP contribution in [0.15, 0.2) is 55.0 Å². The smallest absolute Gasteiger partial charge is 0.506 e. The van der Waals surface area contributed by atoms with E-state index in [4.69, 9.17) is 0 Å². The van der Waals surface area contributed by atoms with Gasteiger partial charge in [0.05, 0.1) is 0 Å². The lowest BCUT2D eigenvalue weighted by molar-refractivity contribution is -0.383. The summed E-state index contributed by atoms with van der Waals surface area (Å²) >= 11 is 0. The maximum absolute atomic E-state index is 10.3. The molecule has 0 spiro atoms. The van der Waals surface area contributed by atoms with Crippen LogP contribution in [0.2, 0.25) is 0 Å². The summed E-state index contributed by atoms with van der Waals surface area (Å²) in [6, 6.07) is 6.66. The molecule has 34 heavy (non-hydrogen) atoms. The van der Waals surface area contributed by atoms with Crippen LogP contribution in [0.4, 0.5) is 0 Å². The van der Waals surface area contributed by atoms with Crippen LogP contribution in [-0.4, -0.2) is 68.2 Å². The second-order valence-corrected chi connectivity index (χ2v) is 6.58. The number of pyridine rings is 3. The maximum Gasteiger partial charge on any atom is 0.651 e. The first kappa shape index (κ1) is 25.2. The van der Waals surface area contributed by atoms with Gasteiger partial charge < -0.3 is 59.9 Å². The van der Waals surface area contributed by atoms with Gasteiger partial charge in [0.25, 0.3) is 0 Å². The Labute approximate surface area is 190 Å². The molecule has 0 aliphatic rings. The van der Waals surface area contributed by atoms with E-state index in [1.165, 1.54) is 18.2 Å². The maximum atomic E-state index is 10.3. The predicted molar refractivity (Wildman–Crippen MR) is 105 cm³/mol. The first-order chi connectivity index (χ1) is 15.8. The molecular weight excluding hydrogens is 461 g/mol. The molecule has 0 atom stereocenters. The predicted octanol–water partition coefficient (Wildman–Crippen LogP) is -2.29. The molecule has 3 heterocycles. The topological polar surface area (TPSA) is 248 Å². The highest BCUT2D eigenvalue weighted by Crippen LogP contribution is 2.33. The lowest BCUT2D eigenvalue weighted by Crippen LogP contribution is -2.49. The summed E-state index contributed by atoms with van der Waals surface area (Å²) in [6.45, 7) is 0. The van der Waals surface area contributed by atoms with Gasteiger partial charge in [0, 0.05) is 18.6 Å². The Kier molecular flexibility index (Phi) is 6.98. The number of aromatic hydroxyl groups is 3. The molecule has 0 saturated heterocycles. The van der Waals surface area contributed by atoms with E-state index in [1.807, 2.05) is 0 Å². The van der Waals surface area contributed by atoms with E-state index in [1.54, 1.807) is 0 Å². The Morgan fingerprint density at radius 3 is 1.03 bits per heavy atom. The Bertz CT molecular complexity index is 1000. The third kappa shape index (κ3) is 5.54. The number of aliphatic hydroxyl groups is 6. The van der Waals surface area contributed by atoms with Crippen molar-refractivity contribution < 1.29 is 59.9 Å². The lowest BCUT2D eigenvalue weighted by atomic mass is 10.1. The Morgan fingerprint density at radius 2 is 0.794 bits per heavy atom. The minimum absolute atomic E-state index is 0.797. The molecule has 0 aromatic carbocycles. The first-order valence-corrected chi connectivity index (χ1v) is 9.14. The second kappa shape index (κ2) is 9.43. The summed E-state index contributed by atoms with van der Waals surface area (Å²) in [5, 5.41) is 91.1. The number of aromatic nitrogens is 3. The van der Waals surface area contributed by atoms with E-state index in [0.717, 1.165) is 36.8 Å². The van der Waals surface area contributed by atoms with Gasteiger partial charge in [0.1, 0.15) is 17.2 Å². The highest BCUT2D eigenvalue weighted by atomic mass is 16.9. The van der Waals surface area contributed by atoms with Gasteiger partial charge in [-0.1, -0.05) is 0 Å². The van der Waals surface area contributed by atoms with Crippen LogP contribution in [0, 0.1) is 0 Å². The average Bonchev–Trinajstić information content (AvgIpc) is 2.73. The molecule has 0 radical (unpaired) electrons. The van der Waals surface area contributed by atoms with Crippen molar-refractivity contribution in [1.82, 2.24) is 15.0 Å². The van der Waals surface area contributed by atoms with Crippen molar-refractivity contribution in [2.24, 2.45) is 0 Å². The second-order valence-electron chi connectivity index (χ2n) is 6.58. The minimum Gasteiger partial charge on any atom is -0.506 e. The number of rotatable bonds is 9. The van der Waals surface area contributed by atoms with Crippen molar-refractivity contribution >= 4 is 7.32 Å². The highest BCUT2D eigenvalue weighted by molar-refractivity contribution is 6.36. The van der Waals surface area contributed by atoms with Crippen molar-refractivity contribution in [2.45, 2.75) is 17.9 Å². The van der Waals surface area contributed by atoms with Gasteiger partial charge in [-0.3, -0.25) is 0 Å². The number of nitrogens with zero attached hydrogens (tertiary/aromatic N) is 3. The van der Waals surface area contributed by atoms with Gasteiger partial charge >= 0.3 is 25.2 Å². The fraction of sp³-hybridized carbons (Fsp3) is 0.167. The molecule has 0 amide bonds. The van der Waals surface area contributed by atoms with Gasteiger partial charge in [-0.25, -0.2) is 15.0 Å². The Balaban J connectivity index is 1.98. The largest absolute Gasteiger partial charge is 0.651 e. The van der Waals surface area contributed by atoms with Crippen molar-refractivity contribution in [3.8, 4) is 17.2 Å². The molecule has 3 rings (SSSR count). The number of hydrogen-bond acceptors (Lipinski definition) is 15. The molecule has 3 aromatic heterocycles. The zero-order valence-corrected chi connectivity index (χ0v) is 16.9. The van der Waals surface area contributed by atoms with Crippen LogP contribution in [0.5, 0.6) is 17.2 Å². The molecule has 180 valence electrons. The summed E-state index contributed by atoms with van der Waals surface area (Å²) < 4.78 is 14.1. The van der Waals surface area contributed by atoms with Gasteiger partial charge in [-0.05, 0) is 36.4 Å². The van der Waals surface area contributed by atoms with Crippen LogP contribution in [0.3, 0.4) is 0 Å². The van der Waals surface area contributed by atoms with E-state index in [0.29, 0.717) is 0 Å². The molecule has 0 aliphatic carbocycles. The Hall–Kier alpha value is -3.45. The van der Waals surface area contributed by atoms with Gasteiger partial charge in [-0.15, -0.1) is 0 Å². The molecule has 16 heteroatoms. The standard InChI is InChI=1S/C18H18BN3O12/c23-10-4-1-7-20-13(10)16(26,27)32-19(33-17(28,29)14-11(24)5-2-8-21-14)34-18(30,31)15-12(25)6-3-9-22-15/h1-9,23-31H. The minimum atomic E-state index is -3.60. The molecule has 0 bridgehead atoms. The molecule has 0 fully saturated rings. The van der Waals surface area contributed by atoms with Gasteiger partial charge in [-0.2, -0.15) is 0 Å². The van der Waals surface area contributed by atoms with Crippen molar-refractivity contribution in [2.75, 3.05) is 0 Å². The fourth-order valence-corrected chi connectivity index (χ4v) is 2.59. The van der Waals surface area contributed by atoms with E-state index < -0.39 is 59.6 Å². The normalized spacial score (nSPS) is 12.5. The fourth-order valence-electron chi connectivity index (χ4n) is 2.59. The molecule has 0 unspecified atom stereocenters. The van der Waals surface area contributed by atoms with E-state index >= 15 is 0 Å². The van der Waals surface area contributed by atoms with Crippen LogP contribution in [0.25, 0.3) is 0 Å². The lowest BCUT2D eigenvalue weighted by Gasteiger charge is -2.32. The molecule has 3 aromatic rings. The van der Waals surface area contributed by atoms with Crippen LogP contribution < -0.4 is 0 Å². The summed E-state index contributed by atoms with van der Waals surface area (Å²) in [7, 11) is -2.86. The number of hydrogen-bond donors (Lipinski definition) is 9. The van der Waals surface area contributed by atoms with Crippen LogP contribution in [-0.2, 0) is 31.9 Å². The van der Waals surface area contributed by atoms with Gasteiger partial charge in [0.2, 0.25) is 0 Å². The zero-order chi connectivity index (χ0) is 25.1. The van der Waals surface area contributed by atoms with Crippen molar-refractivity contribution in [3.63, 3.8) is 0 Å². The zero-order valence-electron chi connectivity index (χ0n) is 16.9. The third-order valence-corrected chi connectivity index (χ3v) is 4.07. The molecule has 15 nitrogen and oxygen atoms in total. The Morgan fingerprint density at radius 1 is 0.529 bits per heavy atom. The summed E-state index contributed by atoms with van der Waals surface area (Å²) in [4.78, 5) is 10.5. The molecular formula is C18H18BN3O12. The molecule has 9 N–H and O–H groups in total.